The lowest BCUT2D eigenvalue weighted by atomic mass is 9.99. The van der Waals surface area contributed by atoms with Gasteiger partial charge in [0.05, 0.1) is 26.4 Å². The van der Waals surface area contributed by atoms with Crippen LogP contribution in [0.1, 0.15) is 503 Å². The van der Waals surface area contributed by atoms with Crippen LogP contribution in [0.15, 0.2) is 0 Å². The first-order chi connectivity index (χ1) is 54.1. The molecule has 0 aliphatic rings. The van der Waals surface area contributed by atoms with Crippen molar-refractivity contribution in [3.63, 3.8) is 0 Å². The second-order valence-electron chi connectivity index (χ2n) is 33.3. The van der Waals surface area contributed by atoms with Gasteiger partial charge in [0.25, 0.3) is 0 Å². The van der Waals surface area contributed by atoms with Crippen LogP contribution >= 0.6 is 15.6 Å². The van der Waals surface area contributed by atoms with E-state index >= 15 is 0 Å². The third kappa shape index (κ3) is 84.3. The minimum absolute atomic E-state index is 0.109. The van der Waals surface area contributed by atoms with Crippen LogP contribution < -0.4 is 0 Å². The van der Waals surface area contributed by atoms with Gasteiger partial charge in [0.1, 0.15) is 19.3 Å². The predicted octanol–water partition coefficient (Wildman–Crippen LogP) is 28.7. The smallest absolute Gasteiger partial charge is 0.462 e. The first-order valence-corrected chi connectivity index (χ1v) is 50.7. The fraction of sp³-hybridized carbons (Fsp3) is 0.957. The summed E-state index contributed by atoms with van der Waals surface area (Å²) in [7, 11) is -9.94. The summed E-state index contributed by atoms with van der Waals surface area (Å²) >= 11 is 0. The third-order valence-corrected chi connectivity index (χ3v) is 24.0. The summed E-state index contributed by atoms with van der Waals surface area (Å²) in [6.07, 6.45) is 80.7. The van der Waals surface area contributed by atoms with Crippen LogP contribution in [-0.2, 0) is 65.4 Å². The molecule has 0 aliphatic carbocycles. The molecule has 0 spiro atoms. The fourth-order valence-electron chi connectivity index (χ4n) is 14.5. The molecule has 6 atom stereocenters. The number of phosphoric ester groups is 2. The highest BCUT2D eigenvalue weighted by Crippen LogP contribution is 2.45. The number of esters is 4. The van der Waals surface area contributed by atoms with Gasteiger partial charge in [-0.25, -0.2) is 9.13 Å². The lowest BCUT2D eigenvalue weighted by Crippen LogP contribution is -2.30. The number of unbranched alkanes of at least 4 members (excludes halogenated alkanes) is 63. The molecule has 0 saturated carbocycles. The molecule has 3 N–H and O–H groups in total. The summed E-state index contributed by atoms with van der Waals surface area (Å²) in [6.45, 7) is 7.40. The van der Waals surface area contributed by atoms with Crippen molar-refractivity contribution in [1.82, 2.24) is 0 Å². The first-order valence-electron chi connectivity index (χ1n) is 47.7. The Morgan fingerprint density at radius 1 is 0.252 bits per heavy atom. The topological polar surface area (TPSA) is 237 Å². The van der Waals surface area contributed by atoms with Gasteiger partial charge in [0.2, 0.25) is 0 Å². The average molecular weight is 1620 g/mol. The van der Waals surface area contributed by atoms with Crippen molar-refractivity contribution in [3.05, 3.63) is 0 Å². The summed E-state index contributed by atoms with van der Waals surface area (Å²) in [5.41, 5.74) is 0. The largest absolute Gasteiger partial charge is 0.472 e. The zero-order chi connectivity index (χ0) is 81.1. The Morgan fingerprint density at radius 2 is 0.432 bits per heavy atom. The lowest BCUT2D eigenvalue weighted by Gasteiger charge is -2.21. The zero-order valence-corrected chi connectivity index (χ0v) is 74.9. The Balaban J connectivity index is 5.24. The number of carbonyl (C=O) groups excluding carboxylic acids is 4. The van der Waals surface area contributed by atoms with E-state index in [0.717, 1.165) is 95.8 Å². The van der Waals surface area contributed by atoms with Gasteiger partial charge >= 0.3 is 39.5 Å². The molecule has 0 saturated heterocycles. The minimum atomic E-state index is -4.97. The van der Waals surface area contributed by atoms with E-state index in [1.165, 1.54) is 327 Å². The number of aliphatic hydroxyl groups excluding tert-OH is 1. The van der Waals surface area contributed by atoms with E-state index in [0.29, 0.717) is 25.7 Å². The highest BCUT2D eigenvalue weighted by Gasteiger charge is 2.31. The maximum atomic E-state index is 13.2. The monoisotopic (exact) mass is 1620 g/mol. The maximum absolute atomic E-state index is 13.2. The van der Waals surface area contributed by atoms with E-state index in [4.69, 9.17) is 37.0 Å². The van der Waals surface area contributed by atoms with Crippen molar-refractivity contribution in [2.75, 3.05) is 39.6 Å². The van der Waals surface area contributed by atoms with E-state index in [1.807, 2.05) is 0 Å². The lowest BCUT2D eigenvalue weighted by molar-refractivity contribution is -0.161. The van der Waals surface area contributed by atoms with Crippen molar-refractivity contribution < 1.29 is 80.2 Å². The quantitative estimate of drug-likeness (QED) is 0.0222. The summed E-state index contributed by atoms with van der Waals surface area (Å²) in [4.78, 5) is 73.5. The number of hydrogen-bond acceptors (Lipinski definition) is 15. The van der Waals surface area contributed by atoms with Crippen LogP contribution in [0.2, 0.25) is 0 Å². The second-order valence-corrected chi connectivity index (χ2v) is 36.2. The average Bonchev–Trinajstić information content (AvgIpc) is 0.898. The van der Waals surface area contributed by atoms with Gasteiger partial charge < -0.3 is 33.8 Å². The molecule has 0 aliphatic heterocycles. The van der Waals surface area contributed by atoms with Crippen LogP contribution in [0.3, 0.4) is 0 Å². The van der Waals surface area contributed by atoms with Gasteiger partial charge in [-0.15, -0.1) is 0 Å². The van der Waals surface area contributed by atoms with Crippen molar-refractivity contribution in [2.45, 2.75) is 522 Å². The number of carbonyl (C=O) groups is 4. The van der Waals surface area contributed by atoms with Gasteiger partial charge in [-0.3, -0.25) is 37.3 Å². The summed E-state index contributed by atoms with van der Waals surface area (Å²) in [5, 5.41) is 10.7. The Kier molecular flexibility index (Phi) is 83.0. The van der Waals surface area contributed by atoms with Crippen molar-refractivity contribution in [1.29, 1.82) is 0 Å². The first kappa shape index (κ1) is 109. The van der Waals surface area contributed by atoms with Crippen LogP contribution in [0.5, 0.6) is 0 Å². The van der Waals surface area contributed by atoms with Gasteiger partial charge in [-0.05, 0) is 31.6 Å². The second kappa shape index (κ2) is 84.5. The highest BCUT2D eigenvalue weighted by atomic mass is 31.2. The predicted molar refractivity (Wildman–Crippen MR) is 460 cm³/mol. The van der Waals surface area contributed by atoms with Crippen LogP contribution in [0.25, 0.3) is 0 Å². The molecule has 0 rings (SSSR count). The normalized spacial score (nSPS) is 13.9. The van der Waals surface area contributed by atoms with Crippen molar-refractivity contribution in [3.8, 4) is 0 Å². The van der Waals surface area contributed by atoms with E-state index in [1.54, 1.807) is 0 Å². The Morgan fingerprint density at radius 3 is 0.640 bits per heavy atom. The molecule has 0 heterocycles. The molecule has 0 radical (unpaired) electrons. The van der Waals surface area contributed by atoms with Crippen LogP contribution in [0.4, 0.5) is 0 Å². The molecule has 660 valence electrons. The number of ether oxygens (including phenoxy) is 4. The van der Waals surface area contributed by atoms with Gasteiger partial charge in [0.15, 0.2) is 12.2 Å². The Bertz CT molecular complexity index is 2100. The number of aliphatic hydroxyl groups is 1. The van der Waals surface area contributed by atoms with Gasteiger partial charge in [0, 0.05) is 25.7 Å². The molecule has 0 aromatic carbocycles. The molecule has 0 aromatic rings. The SMILES string of the molecule is CCCCCCCCCCCCCCCCCCCCCCCC(=O)OC[C@H](COP(=O)(O)OC[C@@H](O)COP(=O)(O)OC[C@@H](COC(=O)CCCCCCCCCCC(C)CC)OC(=O)CCCCCCCCCCCCCCCCCCC)OC(=O)CCCCCCCCCCCCCCCCCCCCCCC. The molecule has 0 amide bonds. The minimum Gasteiger partial charge on any atom is -0.462 e. The standard InChI is InChI=1S/C92H180O17P2/c1-6-10-13-16-19-22-25-28-31-34-36-38-40-43-45-48-51-54-60-65-70-75-89(94)102-81-87(108-91(96)77-73-68-63-56-53-50-47-44-41-39-37-35-32-29-26-23-20-17-14-11-7-2)83-106-110(98,99)104-79-86(93)80-105-111(100,101)107-84-88(82-103-90(95)76-71-66-61-58-57-59-64-69-74-85(5)9-4)109-92(97)78-72-67-62-55-52-49-46-42-33-30-27-24-21-18-15-12-8-3/h85-88,93H,6-84H2,1-5H3,(H,98,99)(H,100,101)/t85?,86-,87-,88-/m1/s1. The molecule has 19 heteroatoms. The fourth-order valence-corrected chi connectivity index (χ4v) is 16.1. The maximum Gasteiger partial charge on any atom is 0.472 e. The Labute approximate surface area is 683 Å². The summed E-state index contributed by atoms with van der Waals surface area (Å²) in [6, 6.07) is 0. The molecule has 17 nitrogen and oxygen atoms in total. The van der Waals surface area contributed by atoms with Crippen LogP contribution in [-0.4, -0.2) is 96.7 Å². The van der Waals surface area contributed by atoms with Crippen LogP contribution in [0, 0.1) is 5.92 Å². The summed E-state index contributed by atoms with van der Waals surface area (Å²) < 4.78 is 69.1. The van der Waals surface area contributed by atoms with E-state index in [2.05, 4.69) is 34.6 Å². The van der Waals surface area contributed by atoms with E-state index < -0.39 is 97.5 Å². The summed E-state index contributed by atoms with van der Waals surface area (Å²) in [5.74, 6) is -1.32. The number of rotatable bonds is 92. The van der Waals surface area contributed by atoms with Gasteiger partial charge in [-0.1, -0.05) is 452 Å². The zero-order valence-electron chi connectivity index (χ0n) is 73.1. The molecule has 0 fully saturated rings. The molecule has 111 heavy (non-hydrogen) atoms. The van der Waals surface area contributed by atoms with Gasteiger partial charge in [-0.2, -0.15) is 0 Å². The molecular weight excluding hydrogens is 1440 g/mol. The van der Waals surface area contributed by atoms with Crippen molar-refractivity contribution >= 4 is 39.5 Å². The number of hydrogen-bond donors (Lipinski definition) is 3. The van der Waals surface area contributed by atoms with E-state index in [-0.39, 0.29) is 25.7 Å². The Hall–Kier alpha value is -1.94. The molecule has 3 unspecified atom stereocenters. The molecule has 0 bridgehead atoms. The van der Waals surface area contributed by atoms with E-state index in [9.17, 15) is 43.2 Å². The highest BCUT2D eigenvalue weighted by molar-refractivity contribution is 7.47. The molecular formula is C92H180O17P2. The third-order valence-electron chi connectivity index (χ3n) is 22.1. The number of phosphoric acid groups is 2. The molecule has 0 aromatic heterocycles. The van der Waals surface area contributed by atoms with Crippen molar-refractivity contribution in [2.24, 2.45) is 5.92 Å².